The van der Waals surface area contributed by atoms with Crippen molar-refractivity contribution in [3.05, 3.63) is 23.3 Å². The van der Waals surface area contributed by atoms with Gasteiger partial charge in [-0.05, 0) is 26.7 Å². The summed E-state index contributed by atoms with van der Waals surface area (Å²) in [6.45, 7) is 8.68. The highest BCUT2D eigenvalue weighted by molar-refractivity contribution is 5.19. The first kappa shape index (κ1) is 9.48. The van der Waals surface area contributed by atoms with Gasteiger partial charge in [0, 0.05) is 0 Å². The van der Waals surface area contributed by atoms with Gasteiger partial charge in [-0.2, -0.15) is 0 Å². The fourth-order valence-electron chi connectivity index (χ4n) is 0.872. The van der Waals surface area contributed by atoms with Crippen molar-refractivity contribution in [2.24, 2.45) is 0 Å². The second-order valence-corrected chi connectivity index (χ2v) is 2.70. The predicted octanol–water partition coefficient (Wildman–Crippen LogP) is 3.70. The van der Waals surface area contributed by atoms with Gasteiger partial charge < -0.3 is 0 Å². The minimum Gasteiger partial charge on any atom is -0.0819 e. The zero-order valence-corrected chi connectivity index (χ0v) is 7.57. The zero-order chi connectivity index (χ0) is 7.98. The Bertz CT molecular complexity index is 138. The van der Waals surface area contributed by atoms with Crippen molar-refractivity contribution in [3.8, 4) is 0 Å². The van der Waals surface area contributed by atoms with Crippen molar-refractivity contribution < 1.29 is 0 Å². The van der Waals surface area contributed by atoms with E-state index < -0.39 is 0 Å². The monoisotopic (exact) mass is 138 g/mol. The molecule has 0 heterocycles. The quantitative estimate of drug-likeness (QED) is 0.522. The topological polar surface area (TPSA) is 0 Å². The smallest absolute Gasteiger partial charge is 0.0348 e. The zero-order valence-electron chi connectivity index (χ0n) is 7.57. The lowest BCUT2D eigenvalue weighted by Crippen LogP contribution is -1.73. The minimum absolute atomic E-state index is 1.14. The second-order valence-electron chi connectivity index (χ2n) is 2.70. The molecule has 0 amide bonds. The lowest BCUT2D eigenvalue weighted by atomic mass is 10.1. The lowest BCUT2D eigenvalue weighted by molar-refractivity contribution is 1.09. The third-order valence-electron chi connectivity index (χ3n) is 1.56. The van der Waals surface area contributed by atoms with Gasteiger partial charge in [0.05, 0.1) is 0 Å². The third-order valence-corrected chi connectivity index (χ3v) is 1.56. The molecule has 0 heteroatoms. The van der Waals surface area contributed by atoms with Crippen LogP contribution >= 0.6 is 0 Å². The highest BCUT2D eigenvalue weighted by Gasteiger charge is 1.84. The third kappa shape index (κ3) is 4.37. The van der Waals surface area contributed by atoms with E-state index in [1.807, 2.05) is 0 Å². The summed E-state index contributed by atoms with van der Waals surface area (Å²) in [7, 11) is 0. The van der Waals surface area contributed by atoms with Gasteiger partial charge in [0.15, 0.2) is 0 Å². The Balaban J connectivity index is 3.98. The Kier molecular flexibility index (Phi) is 5.00. The van der Waals surface area contributed by atoms with Crippen LogP contribution in [0.1, 0.15) is 40.5 Å². The van der Waals surface area contributed by atoms with Crippen LogP contribution in [0.25, 0.3) is 0 Å². The van der Waals surface area contributed by atoms with Crippen LogP contribution < -0.4 is 0 Å². The van der Waals surface area contributed by atoms with Crippen LogP contribution in [-0.2, 0) is 0 Å². The highest BCUT2D eigenvalue weighted by Crippen LogP contribution is 2.04. The highest BCUT2D eigenvalue weighted by atomic mass is 13.9. The van der Waals surface area contributed by atoms with Gasteiger partial charge in [-0.1, -0.05) is 37.1 Å². The van der Waals surface area contributed by atoms with Gasteiger partial charge >= 0.3 is 0 Å². The molecule has 0 aromatic heterocycles. The molecule has 0 aliphatic carbocycles. The van der Waals surface area contributed by atoms with Gasteiger partial charge in [0.1, 0.15) is 0 Å². The average Bonchev–Trinajstić information content (AvgIpc) is 1.88. The summed E-state index contributed by atoms with van der Waals surface area (Å²) >= 11 is 0. The van der Waals surface area contributed by atoms with Crippen LogP contribution in [-0.4, -0.2) is 0 Å². The Hall–Kier alpha value is -0.520. The maximum absolute atomic E-state index is 2.25. The molecular formula is C10H18. The molecular weight excluding hydrogens is 120 g/mol. The van der Waals surface area contributed by atoms with E-state index in [1.165, 1.54) is 11.1 Å². The first-order valence-corrected chi connectivity index (χ1v) is 4.04. The van der Waals surface area contributed by atoms with E-state index in [-0.39, 0.29) is 0 Å². The summed E-state index contributed by atoms with van der Waals surface area (Å²) in [5.41, 5.74) is 2.85. The Morgan fingerprint density at radius 3 is 2.20 bits per heavy atom. The van der Waals surface area contributed by atoms with Gasteiger partial charge in [-0.25, -0.2) is 0 Å². The van der Waals surface area contributed by atoms with Gasteiger partial charge in [-0.3, -0.25) is 0 Å². The van der Waals surface area contributed by atoms with Crippen molar-refractivity contribution in [2.75, 3.05) is 0 Å². The molecule has 0 saturated heterocycles. The van der Waals surface area contributed by atoms with Crippen LogP contribution in [0, 0.1) is 0 Å². The molecule has 0 aliphatic rings. The van der Waals surface area contributed by atoms with Gasteiger partial charge in [0.25, 0.3) is 0 Å². The first-order chi connectivity index (χ1) is 4.70. The molecule has 0 rings (SSSR count). The molecule has 0 nitrogen and oxygen atoms in total. The number of rotatable bonds is 3. The predicted molar refractivity (Wildman–Crippen MR) is 48.1 cm³/mol. The number of allylic oxidation sites excluding steroid dienone is 4. The summed E-state index contributed by atoms with van der Waals surface area (Å²) in [6.07, 6.45) is 6.80. The van der Waals surface area contributed by atoms with Crippen LogP contribution in [0.3, 0.4) is 0 Å². The van der Waals surface area contributed by atoms with Crippen molar-refractivity contribution in [1.29, 1.82) is 0 Å². The molecule has 0 unspecified atom stereocenters. The molecule has 0 aromatic carbocycles. The molecule has 0 fully saturated rings. The minimum atomic E-state index is 1.14. The summed E-state index contributed by atoms with van der Waals surface area (Å²) in [5.74, 6) is 0. The lowest BCUT2D eigenvalue weighted by Gasteiger charge is -1.94. The van der Waals surface area contributed by atoms with E-state index in [9.17, 15) is 0 Å². The number of hydrogen-bond acceptors (Lipinski definition) is 0. The Morgan fingerprint density at radius 2 is 1.80 bits per heavy atom. The van der Waals surface area contributed by atoms with Crippen LogP contribution in [0.5, 0.6) is 0 Å². The number of hydrogen-bond donors (Lipinski definition) is 0. The molecule has 0 aliphatic heterocycles. The molecule has 0 bridgehead atoms. The fraction of sp³-hybridized carbons (Fsp3) is 0.600. The molecule has 0 aromatic rings. The van der Waals surface area contributed by atoms with Gasteiger partial charge in [-0.15, -0.1) is 0 Å². The molecule has 10 heavy (non-hydrogen) atoms. The van der Waals surface area contributed by atoms with E-state index in [1.54, 1.807) is 0 Å². The van der Waals surface area contributed by atoms with E-state index in [2.05, 4.69) is 39.8 Å². The molecule has 0 atom stereocenters. The first-order valence-electron chi connectivity index (χ1n) is 4.04. The SMILES string of the molecule is CC/C=C(/C)C=C(C)CC. The normalized spacial score (nSPS) is 14.0. The van der Waals surface area contributed by atoms with E-state index in [4.69, 9.17) is 0 Å². The maximum atomic E-state index is 2.25. The van der Waals surface area contributed by atoms with Crippen LogP contribution in [0.15, 0.2) is 23.3 Å². The van der Waals surface area contributed by atoms with Crippen molar-refractivity contribution in [3.63, 3.8) is 0 Å². The Labute approximate surface area is 64.6 Å². The van der Waals surface area contributed by atoms with Crippen LogP contribution in [0.4, 0.5) is 0 Å². The fourth-order valence-corrected chi connectivity index (χ4v) is 0.872. The summed E-state index contributed by atoms with van der Waals surface area (Å²) in [6, 6.07) is 0. The molecule has 0 spiro atoms. The Morgan fingerprint density at radius 1 is 1.20 bits per heavy atom. The van der Waals surface area contributed by atoms with Gasteiger partial charge in [0.2, 0.25) is 0 Å². The van der Waals surface area contributed by atoms with Crippen molar-refractivity contribution in [2.45, 2.75) is 40.5 Å². The van der Waals surface area contributed by atoms with E-state index in [0.29, 0.717) is 0 Å². The molecule has 0 N–H and O–H groups in total. The summed E-state index contributed by atoms with van der Waals surface area (Å²) < 4.78 is 0. The standard InChI is InChI=1S/C10H18/c1-5-7-10(4)8-9(3)6-2/h7-8H,5-6H2,1-4H3/b9-8?,10-7-. The van der Waals surface area contributed by atoms with E-state index in [0.717, 1.165) is 12.8 Å². The van der Waals surface area contributed by atoms with Crippen molar-refractivity contribution in [1.82, 2.24) is 0 Å². The van der Waals surface area contributed by atoms with Crippen molar-refractivity contribution >= 4 is 0 Å². The molecule has 0 radical (unpaired) electrons. The molecule has 0 saturated carbocycles. The average molecular weight is 138 g/mol. The summed E-state index contributed by atoms with van der Waals surface area (Å²) in [4.78, 5) is 0. The van der Waals surface area contributed by atoms with E-state index >= 15 is 0 Å². The van der Waals surface area contributed by atoms with Crippen LogP contribution in [0.2, 0.25) is 0 Å². The summed E-state index contributed by atoms with van der Waals surface area (Å²) in [5, 5.41) is 0. The second kappa shape index (κ2) is 5.28. The molecule has 58 valence electrons. The largest absolute Gasteiger partial charge is 0.0819 e. The maximum Gasteiger partial charge on any atom is -0.0348 e.